The number of amides is 1. The molecule has 9 heteroatoms. The molecule has 4 N–H and O–H groups in total. The Hall–Kier alpha value is -2.03. The van der Waals surface area contributed by atoms with Crippen molar-refractivity contribution in [1.29, 1.82) is 0 Å². The van der Waals surface area contributed by atoms with E-state index in [1.807, 2.05) is 0 Å². The van der Waals surface area contributed by atoms with Crippen LogP contribution in [0.2, 0.25) is 0 Å². The van der Waals surface area contributed by atoms with Gasteiger partial charge in [0, 0.05) is 4.47 Å². The largest absolute Gasteiger partial charge is 0.416 e. The Balaban J connectivity index is 2.30. The molecule has 0 spiro atoms. The number of carbonyl (C=O) groups is 1. The highest BCUT2D eigenvalue weighted by Crippen LogP contribution is 2.34. The first-order valence-corrected chi connectivity index (χ1v) is 6.05. The molecule has 1 amide bonds. The molecule has 1 aromatic heterocycles. The fraction of sp³-hybridized carbons (Fsp3) is 0.0909. The summed E-state index contributed by atoms with van der Waals surface area (Å²) in [5.41, 5.74) is 4.64. The minimum atomic E-state index is -4.49. The van der Waals surface area contributed by atoms with Crippen LogP contribution >= 0.6 is 15.9 Å². The number of nitrogens with zero attached hydrogens (tertiary/aromatic N) is 1. The SMILES string of the molecule is Nc1[nH]ncc1C(=O)Nc1cc(C(F)(F)F)ccc1Br. The summed E-state index contributed by atoms with van der Waals surface area (Å²) in [6, 6.07) is 2.95. The molecule has 106 valence electrons. The Morgan fingerprint density at radius 3 is 2.65 bits per heavy atom. The fourth-order valence-corrected chi connectivity index (χ4v) is 1.81. The molecule has 0 atom stereocenters. The van der Waals surface area contributed by atoms with Crippen LogP contribution in [0, 0.1) is 0 Å². The van der Waals surface area contributed by atoms with Crippen molar-refractivity contribution in [3.63, 3.8) is 0 Å². The van der Waals surface area contributed by atoms with Crippen molar-refractivity contribution < 1.29 is 18.0 Å². The highest BCUT2D eigenvalue weighted by molar-refractivity contribution is 9.10. The average molecular weight is 349 g/mol. The molecule has 0 aliphatic rings. The van der Waals surface area contributed by atoms with Crippen LogP contribution in [-0.2, 0) is 6.18 Å². The van der Waals surface area contributed by atoms with E-state index in [1.165, 1.54) is 12.3 Å². The quantitative estimate of drug-likeness (QED) is 0.779. The third kappa shape index (κ3) is 2.93. The summed E-state index contributed by atoms with van der Waals surface area (Å²) < 4.78 is 38.2. The number of aromatic nitrogens is 2. The van der Waals surface area contributed by atoms with Gasteiger partial charge in [-0.2, -0.15) is 18.3 Å². The summed E-state index contributed by atoms with van der Waals surface area (Å²) in [6.07, 6.45) is -3.30. The molecular weight excluding hydrogens is 341 g/mol. The van der Waals surface area contributed by atoms with Crippen molar-refractivity contribution in [3.8, 4) is 0 Å². The number of benzene rings is 1. The van der Waals surface area contributed by atoms with Crippen LogP contribution in [0.15, 0.2) is 28.9 Å². The fourth-order valence-electron chi connectivity index (χ4n) is 1.46. The Bertz CT molecular complexity index is 653. The number of rotatable bonds is 2. The Labute approximate surface area is 119 Å². The number of anilines is 2. The lowest BCUT2D eigenvalue weighted by molar-refractivity contribution is -0.137. The van der Waals surface area contributed by atoms with Crippen molar-refractivity contribution in [3.05, 3.63) is 40.0 Å². The van der Waals surface area contributed by atoms with Gasteiger partial charge in [-0.3, -0.25) is 9.89 Å². The van der Waals surface area contributed by atoms with Gasteiger partial charge in [0.2, 0.25) is 0 Å². The van der Waals surface area contributed by atoms with E-state index in [2.05, 4.69) is 31.4 Å². The zero-order chi connectivity index (χ0) is 14.9. The number of nitrogens with one attached hydrogen (secondary N) is 2. The van der Waals surface area contributed by atoms with E-state index in [-0.39, 0.29) is 17.1 Å². The Morgan fingerprint density at radius 1 is 1.40 bits per heavy atom. The normalized spacial score (nSPS) is 11.4. The summed E-state index contributed by atoms with van der Waals surface area (Å²) >= 11 is 3.07. The summed E-state index contributed by atoms with van der Waals surface area (Å²) in [5, 5.41) is 8.26. The predicted octanol–water partition coefficient (Wildman–Crippen LogP) is 3.03. The second-order valence-corrected chi connectivity index (χ2v) is 4.70. The first-order valence-electron chi connectivity index (χ1n) is 5.26. The molecule has 0 fully saturated rings. The first-order chi connectivity index (χ1) is 9.29. The number of nitrogens with two attached hydrogens (primary N) is 1. The van der Waals surface area contributed by atoms with Crippen LogP contribution in [0.4, 0.5) is 24.7 Å². The van der Waals surface area contributed by atoms with E-state index < -0.39 is 17.6 Å². The second-order valence-electron chi connectivity index (χ2n) is 3.84. The highest BCUT2D eigenvalue weighted by atomic mass is 79.9. The van der Waals surface area contributed by atoms with Crippen molar-refractivity contribution in [2.75, 3.05) is 11.1 Å². The smallest absolute Gasteiger partial charge is 0.383 e. The third-order valence-corrected chi connectivity index (χ3v) is 3.15. The van der Waals surface area contributed by atoms with Gasteiger partial charge in [-0.1, -0.05) is 0 Å². The van der Waals surface area contributed by atoms with E-state index in [1.54, 1.807) is 0 Å². The molecule has 0 radical (unpaired) electrons. The molecule has 5 nitrogen and oxygen atoms in total. The monoisotopic (exact) mass is 348 g/mol. The van der Waals surface area contributed by atoms with Gasteiger partial charge in [-0.15, -0.1) is 0 Å². The zero-order valence-corrected chi connectivity index (χ0v) is 11.3. The van der Waals surface area contributed by atoms with Crippen LogP contribution < -0.4 is 11.1 Å². The van der Waals surface area contributed by atoms with Crippen LogP contribution in [0.5, 0.6) is 0 Å². The number of hydrogen-bond donors (Lipinski definition) is 3. The number of nitrogen functional groups attached to an aromatic ring is 1. The van der Waals surface area contributed by atoms with E-state index >= 15 is 0 Å². The number of hydrogen-bond acceptors (Lipinski definition) is 3. The van der Waals surface area contributed by atoms with Gasteiger partial charge in [-0.25, -0.2) is 0 Å². The van der Waals surface area contributed by atoms with Crippen molar-refractivity contribution in [1.82, 2.24) is 10.2 Å². The Morgan fingerprint density at radius 2 is 2.10 bits per heavy atom. The number of carbonyl (C=O) groups excluding carboxylic acids is 1. The van der Waals surface area contributed by atoms with Gasteiger partial charge in [0.05, 0.1) is 17.4 Å². The lowest BCUT2D eigenvalue weighted by atomic mass is 10.2. The maximum absolute atomic E-state index is 12.6. The molecule has 0 aliphatic carbocycles. The van der Waals surface area contributed by atoms with Gasteiger partial charge in [-0.05, 0) is 34.1 Å². The molecule has 2 aromatic rings. The van der Waals surface area contributed by atoms with Crippen molar-refractivity contribution >= 4 is 33.3 Å². The number of H-pyrrole nitrogens is 1. The molecule has 0 aliphatic heterocycles. The lowest BCUT2D eigenvalue weighted by Crippen LogP contribution is -2.14. The van der Waals surface area contributed by atoms with E-state index in [4.69, 9.17) is 5.73 Å². The molecule has 0 saturated heterocycles. The summed E-state index contributed by atoms with van der Waals surface area (Å²) in [6.45, 7) is 0. The predicted molar refractivity (Wildman–Crippen MR) is 70.1 cm³/mol. The molecular formula is C11H8BrF3N4O. The first kappa shape index (κ1) is 14.4. The van der Waals surface area contributed by atoms with Gasteiger partial charge >= 0.3 is 6.18 Å². The average Bonchev–Trinajstić information content (AvgIpc) is 2.77. The molecule has 1 heterocycles. The summed E-state index contributed by atoms with van der Waals surface area (Å²) in [7, 11) is 0. The molecule has 0 saturated carbocycles. The molecule has 2 rings (SSSR count). The number of halogens is 4. The minimum absolute atomic E-state index is 0.00887. The van der Waals surface area contributed by atoms with E-state index in [0.29, 0.717) is 4.47 Å². The lowest BCUT2D eigenvalue weighted by Gasteiger charge is -2.11. The molecule has 0 unspecified atom stereocenters. The van der Waals surface area contributed by atoms with Crippen LogP contribution in [0.3, 0.4) is 0 Å². The summed E-state index contributed by atoms with van der Waals surface area (Å²) in [5.74, 6) is -0.623. The minimum Gasteiger partial charge on any atom is -0.383 e. The van der Waals surface area contributed by atoms with Crippen molar-refractivity contribution in [2.45, 2.75) is 6.18 Å². The number of aromatic amines is 1. The van der Waals surface area contributed by atoms with E-state index in [0.717, 1.165) is 12.1 Å². The second kappa shape index (κ2) is 5.16. The molecule has 1 aromatic carbocycles. The summed E-state index contributed by atoms with van der Waals surface area (Å²) in [4.78, 5) is 11.9. The van der Waals surface area contributed by atoms with Crippen molar-refractivity contribution in [2.24, 2.45) is 0 Å². The third-order valence-electron chi connectivity index (χ3n) is 2.46. The maximum atomic E-state index is 12.6. The van der Waals surface area contributed by atoms with E-state index in [9.17, 15) is 18.0 Å². The highest BCUT2D eigenvalue weighted by Gasteiger charge is 2.31. The standard InChI is InChI=1S/C11H8BrF3N4O/c12-7-2-1-5(11(13,14)15)3-8(7)18-10(20)6-4-17-19-9(6)16/h1-4H,(H,18,20)(H3,16,17,19). The van der Waals surface area contributed by atoms with Gasteiger partial charge < -0.3 is 11.1 Å². The van der Waals surface area contributed by atoms with Crippen LogP contribution in [-0.4, -0.2) is 16.1 Å². The van der Waals surface area contributed by atoms with Crippen LogP contribution in [0.1, 0.15) is 15.9 Å². The van der Waals surface area contributed by atoms with Crippen LogP contribution in [0.25, 0.3) is 0 Å². The van der Waals surface area contributed by atoms with Gasteiger partial charge in [0.15, 0.2) is 0 Å². The topological polar surface area (TPSA) is 83.8 Å². The van der Waals surface area contributed by atoms with Gasteiger partial charge in [0.1, 0.15) is 11.4 Å². The maximum Gasteiger partial charge on any atom is 0.416 e. The number of alkyl halides is 3. The Kier molecular flexibility index (Phi) is 3.71. The molecule has 0 bridgehead atoms. The zero-order valence-electron chi connectivity index (χ0n) is 9.75. The molecule has 20 heavy (non-hydrogen) atoms. The van der Waals surface area contributed by atoms with Gasteiger partial charge in [0.25, 0.3) is 5.91 Å².